The van der Waals surface area contributed by atoms with Gasteiger partial charge in [-0.25, -0.2) is 4.79 Å². The first-order valence-corrected chi connectivity index (χ1v) is 8.76. The highest BCUT2D eigenvalue weighted by Crippen LogP contribution is 2.29. The number of amides is 1. The van der Waals surface area contributed by atoms with Crippen molar-refractivity contribution in [3.63, 3.8) is 0 Å². The van der Waals surface area contributed by atoms with E-state index < -0.39 is 11.5 Å². The van der Waals surface area contributed by atoms with Crippen LogP contribution in [-0.2, 0) is 9.53 Å². The standard InChI is InChI=1S/C17H26N4O4/c1-4-24-13(22)12-9-25-15(20-12)21-7-5-17(6-8-21)14(23)18-10-16(2,3)11-19-17/h9,19H,4-8,10-11H2,1-3H3,(H,18,23). The fourth-order valence-corrected chi connectivity index (χ4v) is 3.23. The van der Waals surface area contributed by atoms with Crippen LogP contribution in [0.5, 0.6) is 0 Å². The van der Waals surface area contributed by atoms with Gasteiger partial charge in [0.1, 0.15) is 11.8 Å². The molecule has 1 aromatic heterocycles. The van der Waals surface area contributed by atoms with Crippen LogP contribution in [0.4, 0.5) is 6.01 Å². The normalized spacial score (nSPS) is 22.4. The van der Waals surface area contributed by atoms with Crippen molar-refractivity contribution < 1.29 is 18.7 Å². The molecule has 3 rings (SSSR count). The van der Waals surface area contributed by atoms with Gasteiger partial charge in [0.25, 0.3) is 6.01 Å². The highest BCUT2D eigenvalue weighted by Gasteiger charge is 2.44. The first-order chi connectivity index (χ1) is 11.9. The Morgan fingerprint density at radius 1 is 1.36 bits per heavy atom. The lowest BCUT2D eigenvalue weighted by Crippen LogP contribution is -2.60. The van der Waals surface area contributed by atoms with E-state index in [1.54, 1.807) is 6.92 Å². The molecular formula is C17H26N4O4. The minimum absolute atomic E-state index is 0.0351. The molecule has 3 heterocycles. The molecule has 1 spiro atoms. The summed E-state index contributed by atoms with van der Waals surface area (Å²) in [4.78, 5) is 30.5. The Balaban J connectivity index is 1.65. The Morgan fingerprint density at radius 3 is 2.76 bits per heavy atom. The quantitative estimate of drug-likeness (QED) is 0.783. The second-order valence-corrected chi connectivity index (χ2v) is 7.51. The molecule has 0 aliphatic carbocycles. The monoisotopic (exact) mass is 350 g/mol. The summed E-state index contributed by atoms with van der Waals surface area (Å²) in [6, 6.07) is 0.396. The van der Waals surface area contributed by atoms with Crippen LogP contribution in [0.25, 0.3) is 0 Å². The van der Waals surface area contributed by atoms with Crippen molar-refractivity contribution in [2.75, 3.05) is 37.7 Å². The van der Waals surface area contributed by atoms with Crippen LogP contribution in [0.1, 0.15) is 44.1 Å². The number of nitrogens with one attached hydrogen (secondary N) is 2. The van der Waals surface area contributed by atoms with Gasteiger partial charge in [-0.15, -0.1) is 0 Å². The molecule has 25 heavy (non-hydrogen) atoms. The summed E-state index contributed by atoms with van der Waals surface area (Å²) >= 11 is 0. The first kappa shape index (κ1) is 17.7. The van der Waals surface area contributed by atoms with Gasteiger partial charge in [0.15, 0.2) is 5.69 Å². The fraction of sp³-hybridized carbons (Fsp3) is 0.706. The number of ether oxygens (including phenoxy) is 1. The Bertz CT molecular complexity index is 647. The average Bonchev–Trinajstić information content (AvgIpc) is 3.05. The minimum Gasteiger partial charge on any atom is -0.461 e. The number of hydrogen-bond acceptors (Lipinski definition) is 7. The van der Waals surface area contributed by atoms with Crippen molar-refractivity contribution in [2.24, 2.45) is 5.41 Å². The number of carbonyl (C=O) groups excluding carboxylic acids is 2. The third-order valence-electron chi connectivity index (χ3n) is 4.93. The zero-order valence-electron chi connectivity index (χ0n) is 15.1. The molecule has 2 fully saturated rings. The molecule has 2 saturated heterocycles. The Kier molecular flexibility index (Phi) is 4.73. The molecule has 0 bridgehead atoms. The number of esters is 1. The molecule has 1 amide bonds. The van der Waals surface area contributed by atoms with E-state index in [0.29, 0.717) is 45.1 Å². The number of carbonyl (C=O) groups is 2. The number of rotatable bonds is 3. The molecule has 2 aliphatic rings. The molecule has 0 saturated carbocycles. The first-order valence-electron chi connectivity index (χ1n) is 8.76. The molecule has 0 atom stereocenters. The van der Waals surface area contributed by atoms with E-state index in [4.69, 9.17) is 9.15 Å². The van der Waals surface area contributed by atoms with Gasteiger partial charge in [0, 0.05) is 26.2 Å². The molecule has 138 valence electrons. The lowest BCUT2D eigenvalue weighted by atomic mass is 9.86. The molecule has 1 aromatic rings. The second kappa shape index (κ2) is 6.67. The summed E-state index contributed by atoms with van der Waals surface area (Å²) in [5, 5.41) is 6.55. The maximum atomic E-state index is 12.6. The van der Waals surface area contributed by atoms with Crippen LogP contribution in [0.3, 0.4) is 0 Å². The fourth-order valence-electron chi connectivity index (χ4n) is 3.23. The number of hydrogen-bond donors (Lipinski definition) is 2. The van der Waals surface area contributed by atoms with E-state index in [9.17, 15) is 9.59 Å². The smallest absolute Gasteiger partial charge is 0.360 e. The number of aromatic nitrogens is 1. The third-order valence-corrected chi connectivity index (χ3v) is 4.93. The van der Waals surface area contributed by atoms with Crippen LogP contribution in [0.15, 0.2) is 10.7 Å². The molecule has 0 aromatic carbocycles. The van der Waals surface area contributed by atoms with Crippen LogP contribution < -0.4 is 15.5 Å². The minimum atomic E-state index is -0.541. The number of nitrogens with zero attached hydrogens (tertiary/aromatic N) is 2. The number of piperidine rings is 1. The summed E-state index contributed by atoms with van der Waals surface area (Å²) in [6.45, 7) is 9.04. The molecule has 2 aliphatic heterocycles. The molecular weight excluding hydrogens is 324 g/mol. The Hall–Kier alpha value is -2.09. The Morgan fingerprint density at radius 2 is 2.08 bits per heavy atom. The van der Waals surface area contributed by atoms with E-state index in [1.165, 1.54) is 6.26 Å². The second-order valence-electron chi connectivity index (χ2n) is 7.51. The predicted molar refractivity (Wildman–Crippen MR) is 91.4 cm³/mol. The van der Waals surface area contributed by atoms with E-state index in [2.05, 4.69) is 29.5 Å². The van der Waals surface area contributed by atoms with Gasteiger partial charge in [-0.05, 0) is 25.2 Å². The molecule has 8 heteroatoms. The summed E-state index contributed by atoms with van der Waals surface area (Å²) in [7, 11) is 0. The van der Waals surface area contributed by atoms with E-state index in [-0.39, 0.29) is 17.0 Å². The van der Waals surface area contributed by atoms with Crippen LogP contribution in [0, 0.1) is 5.41 Å². The van der Waals surface area contributed by atoms with E-state index in [0.717, 1.165) is 6.54 Å². The topological polar surface area (TPSA) is 96.7 Å². The number of anilines is 1. The maximum Gasteiger partial charge on any atom is 0.360 e. The van der Waals surface area contributed by atoms with Crippen molar-refractivity contribution in [1.82, 2.24) is 15.6 Å². The largest absolute Gasteiger partial charge is 0.461 e. The summed E-state index contributed by atoms with van der Waals surface area (Å²) in [6.07, 6.45) is 2.63. The van der Waals surface area contributed by atoms with Gasteiger partial charge in [-0.3, -0.25) is 4.79 Å². The highest BCUT2D eigenvalue weighted by molar-refractivity contribution is 5.88. The van der Waals surface area contributed by atoms with Crippen LogP contribution >= 0.6 is 0 Å². The van der Waals surface area contributed by atoms with Gasteiger partial charge >= 0.3 is 5.97 Å². The highest BCUT2D eigenvalue weighted by atomic mass is 16.5. The van der Waals surface area contributed by atoms with Crippen LogP contribution in [0.2, 0.25) is 0 Å². The summed E-state index contributed by atoms with van der Waals surface area (Å²) in [5.74, 6) is -0.421. The SMILES string of the molecule is CCOC(=O)c1coc(N2CCC3(CC2)NCC(C)(C)CNC3=O)n1. The van der Waals surface area contributed by atoms with Crippen molar-refractivity contribution in [3.8, 4) is 0 Å². The molecule has 0 radical (unpaired) electrons. The van der Waals surface area contributed by atoms with Crippen molar-refractivity contribution >= 4 is 17.9 Å². The van der Waals surface area contributed by atoms with Crippen molar-refractivity contribution in [3.05, 3.63) is 12.0 Å². The van der Waals surface area contributed by atoms with Gasteiger partial charge in [0.2, 0.25) is 5.91 Å². The van der Waals surface area contributed by atoms with Gasteiger partial charge < -0.3 is 24.7 Å². The average molecular weight is 350 g/mol. The Labute approximate surface area is 147 Å². The number of oxazole rings is 1. The van der Waals surface area contributed by atoms with E-state index in [1.807, 2.05) is 4.90 Å². The van der Waals surface area contributed by atoms with Gasteiger partial charge in [-0.1, -0.05) is 13.8 Å². The van der Waals surface area contributed by atoms with Crippen molar-refractivity contribution in [2.45, 2.75) is 39.2 Å². The lowest BCUT2D eigenvalue weighted by Gasteiger charge is -2.40. The summed E-state index contributed by atoms with van der Waals surface area (Å²) < 4.78 is 10.3. The predicted octanol–water partition coefficient (Wildman–Crippen LogP) is 0.936. The molecule has 2 N–H and O–H groups in total. The van der Waals surface area contributed by atoms with Crippen LogP contribution in [-0.4, -0.2) is 55.2 Å². The summed E-state index contributed by atoms with van der Waals surface area (Å²) in [5.41, 5.74) is -0.335. The van der Waals surface area contributed by atoms with Crippen molar-refractivity contribution in [1.29, 1.82) is 0 Å². The van der Waals surface area contributed by atoms with E-state index >= 15 is 0 Å². The third kappa shape index (κ3) is 3.63. The zero-order chi connectivity index (χ0) is 18.1. The van der Waals surface area contributed by atoms with Gasteiger partial charge in [-0.2, -0.15) is 4.98 Å². The zero-order valence-corrected chi connectivity index (χ0v) is 15.1. The molecule has 8 nitrogen and oxygen atoms in total. The molecule has 0 unspecified atom stereocenters. The lowest BCUT2D eigenvalue weighted by molar-refractivity contribution is -0.127. The van der Waals surface area contributed by atoms with Gasteiger partial charge in [0.05, 0.1) is 6.61 Å². The maximum absolute atomic E-state index is 12.6.